The largest absolute Gasteiger partial charge is 0.476 e. The number of amides is 1. The van der Waals surface area contributed by atoms with Crippen LogP contribution in [0.15, 0.2) is 24.3 Å². The second kappa shape index (κ2) is 6.59. The molecule has 2 aliphatic heterocycles. The molecule has 1 N–H and O–H groups in total. The van der Waals surface area contributed by atoms with Crippen LogP contribution in [-0.2, 0) is 4.79 Å². The van der Waals surface area contributed by atoms with Gasteiger partial charge in [0.2, 0.25) is 0 Å². The van der Waals surface area contributed by atoms with Crippen molar-refractivity contribution in [3.63, 3.8) is 0 Å². The van der Waals surface area contributed by atoms with E-state index in [1.165, 1.54) is 19.3 Å². The third-order valence-corrected chi connectivity index (χ3v) is 5.21. The van der Waals surface area contributed by atoms with Crippen molar-refractivity contribution in [1.82, 2.24) is 10.2 Å². The van der Waals surface area contributed by atoms with E-state index in [-0.39, 0.29) is 5.91 Å². The summed E-state index contributed by atoms with van der Waals surface area (Å²) in [6.07, 6.45) is 5.22. The first kappa shape index (κ1) is 15.7. The normalized spacial score (nSPS) is 23.2. The topological polar surface area (TPSA) is 44.8 Å². The summed E-state index contributed by atoms with van der Waals surface area (Å²) >= 11 is 5.60. The molecule has 1 aromatic rings. The number of carbonyl (C=O) groups excluding carboxylic acids is 1. The molecule has 0 unspecified atom stereocenters. The van der Waals surface area contributed by atoms with E-state index < -0.39 is 6.10 Å². The van der Waals surface area contributed by atoms with Crippen LogP contribution in [-0.4, -0.2) is 47.7 Å². The first-order valence-electron chi connectivity index (χ1n) is 8.85. The summed E-state index contributed by atoms with van der Waals surface area (Å²) in [6.45, 7) is 2.15. The lowest BCUT2D eigenvalue weighted by Crippen LogP contribution is -2.54. The van der Waals surface area contributed by atoms with Gasteiger partial charge in [0.25, 0.3) is 5.91 Å². The highest BCUT2D eigenvalue weighted by Crippen LogP contribution is 2.34. The zero-order valence-electron chi connectivity index (χ0n) is 13.7. The van der Waals surface area contributed by atoms with Gasteiger partial charge in [-0.3, -0.25) is 4.79 Å². The SMILES string of the molecule is O=C([C@H]1CN(C(=S)NC2CC2)c2ccccc2O1)N1CCCCC1. The maximum Gasteiger partial charge on any atom is 0.265 e. The molecule has 1 aliphatic carbocycles. The molecule has 1 aromatic carbocycles. The minimum absolute atomic E-state index is 0.0865. The number of fused-ring (bicyclic) bond motifs is 1. The number of nitrogens with one attached hydrogen (secondary N) is 1. The minimum Gasteiger partial charge on any atom is -0.476 e. The lowest BCUT2D eigenvalue weighted by atomic mass is 10.1. The van der Waals surface area contributed by atoms with Crippen LogP contribution < -0.4 is 15.0 Å². The Balaban J connectivity index is 1.54. The molecule has 0 radical (unpaired) electrons. The number of ether oxygens (including phenoxy) is 1. The highest BCUT2D eigenvalue weighted by Gasteiger charge is 2.36. The fourth-order valence-corrected chi connectivity index (χ4v) is 3.69. The number of hydrogen-bond acceptors (Lipinski definition) is 3. The molecule has 1 amide bonds. The molecule has 1 saturated heterocycles. The Hall–Kier alpha value is -1.82. The average molecular weight is 345 g/mol. The van der Waals surface area contributed by atoms with Crippen molar-refractivity contribution in [2.45, 2.75) is 44.2 Å². The highest BCUT2D eigenvalue weighted by molar-refractivity contribution is 7.80. The van der Waals surface area contributed by atoms with E-state index >= 15 is 0 Å². The number of nitrogens with zero attached hydrogens (tertiary/aromatic N) is 2. The zero-order valence-corrected chi connectivity index (χ0v) is 14.6. The van der Waals surface area contributed by atoms with Crippen LogP contribution in [0.4, 0.5) is 5.69 Å². The summed E-state index contributed by atoms with van der Waals surface area (Å²) in [4.78, 5) is 16.8. The van der Waals surface area contributed by atoms with E-state index in [4.69, 9.17) is 17.0 Å². The van der Waals surface area contributed by atoms with E-state index in [2.05, 4.69) is 5.32 Å². The molecule has 2 fully saturated rings. The smallest absolute Gasteiger partial charge is 0.265 e. The quantitative estimate of drug-likeness (QED) is 0.834. The van der Waals surface area contributed by atoms with Gasteiger partial charge in [-0.25, -0.2) is 0 Å². The first-order chi connectivity index (χ1) is 11.7. The van der Waals surface area contributed by atoms with Gasteiger partial charge in [-0.05, 0) is 56.5 Å². The molecular weight excluding hydrogens is 322 g/mol. The molecule has 0 aromatic heterocycles. The lowest BCUT2D eigenvalue weighted by Gasteiger charge is -2.38. The molecule has 128 valence electrons. The van der Waals surface area contributed by atoms with Gasteiger partial charge in [0.1, 0.15) is 5.75 Å². The number of benzene rings is 1. The third-order valence-electron chi connectivity index (χ3n) is 4.87. The molecular formula is C18H23N3O2S. The van der Waals surface area contributed by atoms with Gasteiger partial charge in [0.05, 0.1) is 12.2 Å². The number of carbonyl (C=O) groups is 1. The van der Waals surface area contributed by atoms with Crippen molar-refractivity contribution in [2.24, 2.45) is 0 Å². The summed E-state index contributed by atoms with van der Waals surface area (Å²) in [5.41, 5.74) is 0.943. The van der Waals surface area contributed by atoms with Gasteiger partial charge in [-0.2, -0.15) is 0 Å². The van der Waals surface area contributed by atoms with Crippen molar-refractivity contribution in [3.05, 3.63) is 24.3 Å². The predicted octanol–water partition coefficient (Wildman–Crippen LogP) is 2.30. The number of rotatable bonds is 2. The molecule has 1 saturated carbocycles. The highest BCUT2D eigenvalue weighted by atomic mass is 32.1. The van der Waals surface area contributed by atoms with Crippen LogP contribution in [0.5, 0.6) is 5.75 Å². The van der Waals surface area contributed by atoms with Crippen molar-refractivity contribution in [2.75, 3.05) is 24.5 Å². The van der Waals surface area contributed by atoms with E-state index in [1.807, 2.05) is 34.1 Å². The fourth-order valence-electron chi connectivity index (χ4n) is 3.35. The number of thiocarbonyl (C=S) groups is 1. The van der Waals surface area contributed by atoms with E-state index in [1.54, 1.807) is 0 Å². The minimum atomic E-state index is -0.489. The Bertz CT molecular complexity index is 641. The number of anilines is 1. The van der Waals surface area contributed by atoms with Crippen LogP contribution in [0.25, 0.3) is 0 Å². The van der Waals surface area contributed by atoms with Crippen molar-refractivity contribution in [1.29, 1.82) is 0 Å². The van der Waals surface area contributed by atoms with Crippen molar-refractivity contribution < 1.29 is 9.53 Å². The van der Waals surface area contributed by atoms with Crippen LogP contribution in [0.3, 0.4) is 0 Å². The van der Waals surface area contributed by atoms with Gasteiger partial charge < -0.3 is 19.9 Å². The summed E-state index contributed by atoms with van der Waals surface area (Å²) in [6, 6.07) is 8.31. The summed E-state index contributed by atoms with van der Waals surface area (Å²) < 4.78 is 6.03. The Kier molecular flexibility index (Phi) is 4.31. The third kappa shape index (κ3) is 3.20. The van der Waals surface area contributed by atoms with Crippen molar-refractivity contribution in [3.8, 4) is 5.75 Å². The molecule has 1 atom stereocenters. The van der Waals surface area contributed by atoms with E-state index in [0.717, 1.165) is 37.4 Å². The average Bonchev–Trinajstić information content (AvgIpc) is 3.44. The molecule has 2 heterocycles. The lowest BCUT2D eigenvalue weighted by molar-refractivity contribution is -0.139. The fraction of sp³-hybridized carbons (Fsp3) is 0.556. The number of para-hydroxylation sites is 2. The Morgan fingerprint density at radius 2 is 1.92 bits per heavy atom. The monoisotopic (exact) mass is 345 g/mol. The van der Waals surface area contributed by atoms with Gasteiger partial charge in [0.15, 0.2) is 11.2 Å². The van der Waals surface area contributed by atoms with Gasteiger partial charge in [-0.1, -0.05) is 12.1 Å². The Labute approximate surface area is 147 Å². The van der Waals surface area contributed by atoms with Crippen LogP contribution in [0.1, 0.15) is 32.1 Å². The summed E-state index contributed by atoms with van der Waals surface area (Å²) in [5.74, 6) is 0.822. The van der Waals surface area contributed by atoms with E-state index in [9.17, 15) is 4.79 Å². The molecule has 5 nitrogen and oxygen atoms in total. The van der Waals surface area contributed by atoms with E-state index in [0.29, 0.717) is 17.7 Å². The van der Waals surface area contributed by atoms with Crippen LogP contribution in [0, 0.1) is 0 Å². The molecule has 24 heavy (non-hydrogen) atoms. The molecule has 0 bridgehead atoms. The molecule has 6 heteroatoms. The second-order valence-corrected chi connectivity index (χ2v) is 7.18. The predicted molar refractivity (Wildman–Crippen MR) is 97.4 cm³/mol. The molecule has 4 rings (SSSR count). The first-order valence-corrected chi connectivity index (χ1v) is 9.26. The summed E-state index contributed by atoms with van der Waals surface area (Å²) in [5, 5.41) is 4.08. The zero-order chi connectivity index (χ0) is 16.5. The standard InChI is InChI=1S/C18H23N3O2S/c22-17(20-10-4-1-5-11-20)16-12-21(18(24)19-13-8-9-13)14-6-2-3-7-15(14)23-16/h2-3,6-7,13,16H,1,4-5,8-12H2,(H,19,24)/t16-/m1/s1. The number of likely N-dealkylation sites (tertiary alicyclic amines) is 1. The second-order valence-electron chi connectivity index (χ2n) is 6.79. The molecule has 0 spiro atoms. The maximum absolute atomic E-state index is 12.9. The maximum atomic E-state index is 12.9. The number of piperidine rings is 1. The number of hydrogen-bond donors (Lipinski definition) is 1. The Morgan fingerprint density at radius 1 is 1.17 bits per heavy atom. The van der Waals surface area contributed by atoms with Gasteiger partial charge in [0, 0.05) is 19.1 Å². The summed E-state index contributed by atoms with van der Waals surface area (Å²) in [7, 11) is 0. The van der Waals surface area contributed by atoms with Crippen LogP contribution >= 0.6 is 12.2 Å². The van der Waals surface area contributed by atoms with Crippen molar-refractivity contribution >= 4 is 28.9 Å². The molecule has 3 aliphatic rings. The van der Waals surface area contributed by atoms with Gasteiger partial charge in [-0.15, -0.1) is 0 Å². The van der Waals surface area contributed by atoms with Gasteiger partial charge >= 0.3 is 0 Å². The van der Waals surface area contributed by atoms with Crippen LogP contribution in [0.2, 0.25) is 0 Å². The Morgan fingerprint density at radius 3 is 2.67 bits per heavy atom.